The molecule has 0 atom stereocenters. The van der Waals surface area contributed by atoms with E-state index in [9.17, 15) is 5.11 Å². The maximum absolute atomic E-state index is 10.2. The maximum atomic E-state index is 10.2. The number of phenolic OH excluding ortho intramolecular Hbond substituents is 1. The van der Waals surface area contributed by atoms with E-state index in [1.807, 2.05) is 6.07 Å². The molecule has 0 aliphatic carbocycles. The molecular formula is C16H24Cl2N2O. The molecule has 0 radical (unpaired) electrons. The third-order valence-corrected chi connectivity index (χ3v) is 5.16. The number of fused-ring (bicyclic) bond motifs is 2. The number of hydrogen-bond acceptors (Lipinski definition) is 3. The second kappa shape index (κ2) is 6.53. The summed E-state index contributed by atoms with van der Waals surface area (Å²) >= 11 is 0. The molecular weight excluding hydrogens is 307 g/mol. The predicted molar refractivity (Wildman–Crippen MR) is 92.6 cm³/mol. The minimum absolute atomic E-state index is 0. The number of nitrogens with zero attached hydrogens (tertiary/aromatic N) is 2. The number of hydrogen-bond donors (Lipinski definition) is 1. The van der Waals surface area contributed by atoms with Crippen LogP contribution in [0.15, 0.2) is 18.2 Å². The minimum atomic E-state index is 0. The van der Waals surface area contributed by atoms with E-state index >= 15 is 0 Å². The van der Waals surface area contributed by atoms with Gasteiger partial charge in [0.05, 0.1) is 5.69 Å². The van der Waals surface area contributed by atoms with Crippen LogP contribution in [0.25, 0.3) is 0 Å². The quantitative estimate of drug-likeness (QED) is 0.888. The van der Waals surface area contributed by atoms with E-state index in [2.05, 4.69) is 21.9 Å². The Bertz CT molecular complexity index is 471. The van der Waals surface area contributed by atoms with Crippen molar-refractivity contribution in [2.45, 2.75) is 50.6 Å². The van der Waals surface area contributed by atoms with Gasteiger partial charge in [-0.1, -0.05) is 0 Å². The smallest absolute Gasteiger partial charge is 0.139 e. The first-order valence-electron chi connectivity index (χ1n) is 7.69. The first-order valence-corrected chi connectivity index (χ1v) is 7.69. The number of rotatable bonds is 2. The van der Waals surface area contributed by atoms with Crippen LogP contribution < -0.4 is 9.80 Å². The summed E-state index contributed by atoms with van der Waals surface area (Å²) in [4.78, 5) is 4.94. The van der Waals surface area contributed by atoms with Crippen LogP contribution in [0.4, 0.5) is 11.4 Å². The molecule has 2 bridgehead atoms. The SMILES string of the molecule is Cl.Cl.Oc1ccc(N2CCCC2)cc1N1C2CCC1CC2. The van der Waals surface area contributed by atoms with Gasteiger partial charge in [-0.2, -0.15) is 0 Å². The summed E-state index contributed by atoms with van der Waals surface area (Å²) < 4.78 is 0. The number of anilines is 2. The van der Waals surface area contributed by atoms with E-state index < -0.39 is 0 Å². The molecule has 0 saturated carbocycles. The molecule has 4 rings (SSSR count). The lowest BCUT2D eigenvalue weighted by Crippen LogP contribution is -2.28. The normalized spacial score (nSPS) is 26.7. The molecule has 0 spiro atoms. The van der Waals surface area contributed by atoms with E-state index in [4.69, 9.17) is 0 Å². The van der Waals surface area contributed by atoms with Crippen LogP contribution in [-0.2, 0) is 0 Å². The Morgan fingerprint density at radius 3 is 2.05 bits per heavy atom. The van der Waals surface area contributed by atoms with E-state index in [1.165, 1.54) is 44.2 Å². The van der Waals surface area contributed by atoms with Gasteiger partial charge in [0.1, 0.15) is 5.75 Å². The van der Waals surface area contributed by atoms with Gasteiger partial charge >= 0.3 is 0 Å². The number of halogens is 2. The fourth-order valence-corrected chi connectivity index (χ4v) is 4.20. The maximum Gasteiger partial charge on any atom is 0.139 e. The van der Waals surface area contributed by atoms with Gasteiger partial charge < -0.3 is 14.9 Å². The molecule has 118 valence electrons. The highest BCUT2D eigenvalue weighted by Gasteiger charge is 2.40. The van der Waals surface area contributed by atoms with Crippen molar-refractivity contribution < 1.29 is 5.11 Å². The third kappa shape index (κ3) is 2.78. The van der Waals surface area contributed by atoms with Gasteiger partial charge in [0, 0.05) is 30.9 Å². The summed E-state index contributed by atoms with van der Waals surface area (Å²) in [6.07, 6.45) is 7.81. The van der Waals surface area contributed by atoms with E-state index in [0.717, 1.165) is 18.8 Å². The van der Waals surface area contributed by atoms with Gasteiger partial charge in [0.25, 0.3) is 0 Å². The third-order valence-electron chi connectivity index (χ3n) is 5.16. The second-order valence-electron chi connectivity index (χ2n) is 6.24. The average molecular weight is 331 g/mol. The van der Waals surface area contributed by atoms with E-state index in [0.29, 0.717) is 17.8 Å². The van der Waals surface area contributed by atoms with Gasteiger partial charge in [0.15, 0.2) is 0 Å². The molecule has 3 aliphatic heterocycles. The monoisotopic (exact) mass is 330 g/mol. The molecule has 3 heterocycles. The lowest BCUT2D eigenvalue weighted by atomic mass is 10.0. The highest BCUT2D eigenvalue weighted by atomic mass is 35.5. The van der Waals surface area contributed by atoms with Crippen molar-refractivity contribution in [3.63, 3.8) is 0 Å². The molecule has 3 aliphatic rings. The Morgan fingerprint density at radius 2 is 1.48 bits per heavy atom. The van der Waals surface area contributed by atoms with Gasteiger partial charge in [-0.05, 0) is 56.7 Å². The van der Waals surface area contributed by atoms with Crippen molar-refractivity contribution in [3.05, 3.63) is 18.2 Å². The highest BCUT2D eigenvalue weighted by molar-refractivity contribution is 5.85. The Balaban J connectivity index is 0.000000807. The van der Waals surface area contributed by atoms with Crippen LogP contribution >= 0.6 is 24.8 Å². The number of phenols is 1. The molecule has 3 fully saturated rings. The second-order valence-corrected chi connectivity index (χ2v) is 6.24. The predicted octanol–water partition coefficient (Wildman–Crippen LogP) is 3.97. The summed E-state index contributed by atoms with van der Waals surface area (Å²) in [7, 11) is 0. The molecule has 1 N–H and O–H groups in total. The highest BCUT2D eigenvalue weighted by Crippen LogP contribution is 2.45. The molecule has 0 aromatic heterocycles. The summed E-state index contributed by atoms with van der Waals surface area (Å²) in [5.74, 6) is 0.460. The van der Waals surface area contributed by atoms with Crippen LogP contribution in [0.1, 0.15) is 38.5 Å². The Hall–Kier alpha value is -0.800. The fourth-order valence-electron chi connectivity index (χ4n) is 4.20. The van der Waals surface area contributed by atoms with Gasteiger partial charge in [-0.25, -0.2) is 0 Å². The summed E-state index contributed by atoms with van der Waals surface area (Å²) in [6, 6.07) is 7.52. The van der Waals surface area contributed by atoms with Crippen LogP contribution in [0.5, 0.6) is 5.75 Å². The van der Waals surface area contributed by atoms with E-state index in [-0.39, 0.29) is 24.8 Å². The van der Waals surface area contributed by atoms with Crippen molar-refractivity contribution >= 4 is 36.2 Å². The van der Waals surface area contributed by atoms with Crippen molar-refractivity contribution in [1.82, 2.24) is 0 Å². The molecule has 5 heteroatoms. The number of aromatic hydroxyl groups is 1. The van der Waals surface area contributed by atoms with Gasteiger partial charge in [-0.15, -0.1) is 24.8 Å². The first-order chi connectivity index (χ1) is 9.33. The fraction of sp³-hybridized carbons (Fsp3) is 0.625. The molecule has 0 unspecified atom stereocenters. The van der Waals surface area contributed by atoms with Crippen LogP contribution in [-0.4, -0.2) is 30.3 Å². The summed E-state index contributed by atoms with van der Waals surface area (Å²) in [6.45, 7) is 2.33. The summed E-state index contributed by atoms with van der Waals surface area (Å²) in [5.41, 5.74) is 2.37. The molecule has 1 aromatic carbocycles. The molecule has 3 saturated heterocycles. The van der Waals surface area contributed by atoms with Crippen molar-refractivity contribution in [2.24, 2.45) is 0 Å². The summed E-state index contributed by atoms with van der Waals surface area (Å²) in [5, 5.41) is 10.2. The molecule has 3 nitrogen and oxygen atoms in total. The van der Waals surface area contributed by atoms with E-state index in [1.54, 1.807) is 0 Å². The molecule has 0 amide bonds. The Labute approximate surface area is 139 Å². The van der Waals surface area contributed by atoms with Crippen LogP contribution in [0.2, 0.25) is 0 Å². The zero-order valence-corrected chi connectivity index (χ0v) is 13.8. The lowest BCUT2D eigenvalue weighted by Gasteiger charge is -2.27. The zero-order chi connectivity index (χ0) is 12.8. The van der Waals surface area contributed by atoms with Gasteiger partial charge in [0.2, 0.25) is 0 Å². The minimum Gasteiger partial charge on any atom is -0.506 e. The van der Waals surface area contributed by atoms with Gasteiger partial charge in [-0.3, -0.25) is 0 Å². The number of benzene rings is 1. The first kappa shape index (κ1) is 16.6. The average Bonchev–Trinajstić information content (AvgIpc) is 3.16. The Morgan fingerprint density at radius 1 is 0.905 bits per heavy atom. The van der Waals surface area contributed by atoms with Crippen molar-refractivity contribution in [3.8, 4) is 5.75 Å². The molecule has 1 aromatic rings. The lowest BCUT2D eigenvalue weighted by molar-refractivity contribution is 0.473. The van der Waals surface area contributed by atoms with Crippen molar-refractivity contribution in [2.75, 3.05) is 22.9 Å². The van der Waals surface area contributed by atoms with Crippen LogP contribution in [0, 0.1) is 0 Å². The van der Waals surface area contributed by atoms with Crippen LogP contribution in [0.3, 0.4) is 0 Å². The Kier molecular flexibility index (Phi) is 5.15. The van der Waals surface area contributed by atoms with Crippen molar-refractivity contribution in [1.29, 1.82) is 0 Å². The standard InChI is InChI=1S/C16H22N2O.2ClH/c19-16-8-7-14(17-9-1-2-10-17)11-15(16)18-12-3-4-13(18)6-5-12;;/h7-8,11-13,19H,1-6,9-10H2;2*1H. The molecule has 21 heavy (non-hydrogen) atoms. The topological polar surface area (TPSA) is 26.7 Å². The largest absolute Gasteiger partial charge is 0.506 e. The zero-order valence-electron chi connectivity index (χ0n) is 12.2.